The van der Waals surface area contributed by atoms with E-state index in [1.165, 1.54) is 0 Å². The van der Waals surface area contributed by atoms with Gasteiger partial charge in [-0.3, -0.25) is 4.98 Å². The Kier molecular flexibility index (Phi) is 5.38. The first kappa shape index (κ1) is 14.3. The topological polar surface area (TPSA) is 43.4 Å². The first-order chi connectivity index (χ1) is 9.79. The number of nitrogens with one attached hydrogen (secondary N) is 1. The van der Waals surface area contributed by atoms with E-state index in [1.54, 1.807) is 0 Å². The first-order valence-corrected chi connectivity index (χ1v) is 6.70. The summed E-state index contributed by atoms with van der Waals surface area (Å²) in [6.45, 7) is 3.72. The van der Waals surface area contributed by atoms with Crippen molar-refractivity contribution < 1.29 is 9.47 Å². The molecular weight excluding hydrogens is 252 g/mol. The number of hydrogen-bond donors (Lipinski definition) is 1. The summed E-state index contributed by atoms with van der Waals surface area (Å²) in [5.74, 6) is 1.72. The van der Waals surface area contributed by atoms with Gasteiger partial charge in [-0.15, -0.1) is 0 Å². The van der Waals surface area contributed by atoms with Gasteiger partial charge in [0.05, 0.1) is 0 Å². The summed E-state index contributed by atoms with van der Waals surface area (Å²) >= 11 is 0. The quantitative estimate of drug-likeness (QED) is 0.787. The van der Waals surface area contributed by atoms with E-state index in [-0.39, 0.29) is 0 Å². The highest BCUT2D eigenvalue weighted by Crippen LogP contribution is 2.18. The normalized spacial score (nSPS) is 10.3. The van der Waals surface area contributed by atoms with Crippen molar-refractivity contribution in [1.82, 2.24) is 10.3 Å². The number of para-hydroxylation sites is 1. The van der Waals surface area contributed by atoms with Crippen LogP contribution in [0.2, 0.25) is 0 Å². The lowest BCUT2D eigenvalue weighted by Gasteiger charge is -2.12. The molecule has 2 aromatic rings. The zero-order valence-electron chi connectivity index (χ0n) is 11.9. The SMILES string of the molecule is CNCc1cnc(C)cc1OCCOc1ccccc1. The molecule has 2 rings (SSSR count). The average molecular weight is 272 g/mol. The molecule has 0 aliphatic carbocycles. The lowest BCUT2D eigenvalue weighted by Crippen LogP contribution is -2.12. The molecule has 1 heterocycles. The summed E-state index contributed by atoms with van der Waals surface area (Å²) in [5.41, 5.74) is 2.00. The molecule has 1 aromatic carbocycles. The standard InChI is InChI=1S/C16H20N2O2/c1-13-10-16(14(11-17-2)12-18-13)20-9-8-19-15-6-4-3-5-7-15/h3-7,10,12,17H,8-9,11H2,1-2H3. The number of hydrogen-bond acceptors (Lipinski definition) is 4. The first-order valence-electron chi connectivity index (χ1n) is 6.70. The summed E-state index contributed by atoms with van der Waals surface area (Å²) < 4.78 is 11.4. The lowest BCUT2D eigenvalue weighted by atomic mass is 10.2. The van der Waals surface area contributed by atoms with Crippen molar-refractivity contribution in [3.8, 4) is 11.5 Å². The van der Waals surface area contributed by atoms with Gasteiger partial charge in [0.25, 0.3) is 0 Å². The number of benzene rings is 1. The molecule has 1 N–H and O–H groups in total. The highest BCUT2D eigenvalue weighted by atomic mass is 16.5. The third kappa shape index (κ3) is 4.24. The van der Waals surface area contributed by atoms with Crippen LogP contribution in [0, 0.1) is 6.92 Å². The van der Waals surface area contributed by atoms with Crippen LogP contribution in [0.5, 0.6) is 11.5 Å². The van der Waals surface area contributed by atoms with Crippen LogP contribution < -0.4 is 14.8 Å². The third-order valence-corrected chi connectivity index (χ3v) is 2.80. The van der Waals surface area contributed by atoms with Gasteiger partial charge in [0, 0.05) is 30.1 Å². The molecule has 106 valence electrons. The maximum absolute atomic E-state index is 5.79. The van der Waals surface area contributed by atoms with Crippen molar-refractivity contribution in [2.45, 2.75) is 13.5 Å². The fourth-order valence-corrected chi connectivity index (χ4v) is 1.85. The molecule has 1 aromatic heterocycles. The van der Waals surface area contributed by atoms with Gasteiger partial charge in [-0.2, -0.15) is 0 Å². The maximum atomic E-state index is 5.79. The molecule has 4 nitrogen and oxygen atoms in total. The van der Waals surface area contributed by atoms with Crippen molar-refractivity contribution in [1.29, 1.82) is 0 Å². The van der Waals surface area contributed by atoms with Crippen LogP contribution in [0.25, 0.3) is 0 Å². The minimum atomic E-state index is 0.509. The Hall–Kier alpha value is -2.07. The summed E-state index contributed by atoms with van der Waals surface area (Å²) in [5, 5.41) is 3.11. The van der Waals surface area contributed by atoms with Gasteiger partial charge in [0.2, 0.25) is 0 Å². The predicted molar refractivity (Wildman–Crippen MR) is 79.2 cm³/mol. The second-order valence-electron chi connectivity index (χ2n) is 4.47. The molecule has 0 amide bonds. The molecular formula is C16H20N2O2. The van der Waals surface area contributed by atoms with E-state index >= 15 is 0 Å². The van der Waals surface area contributed by atoms with Gasteiger partial charge in [-0.25, -0.2) is 0 Å². The van der Waals surface area contributed by atoms with Gasteiger partial charge < -0.3 is 14.8 Å². The Morgan fingerprint density at radius 1 is 1.10 bits per heavy atom. The van der Waals surface area contributed by atoms with E-state index in [1.807, 2.05) is 56.6 Å². The van der Waals surface area contributed by atoms with Gasteiger partial charge in [0.1, 0.15) is 24.7 Å². The molecule has 20 heavy (non-hydrogen) atoms. The van der Waals surface area contributed by atoms with Crippen molar-refractivity contribution in [2.75, 3.05) is 20.3 Å². The minimum absolute atomic E-state index is 0.509. The van der Waals surface area contributed by atoms with Gasteiger partial charge in [-0.1, -0.05) is 18.2 Å². The third-order valence-electron chi connectivity index (χ3n) is 2.80. The number of rotatable bonds is 7. The van der Waals surface area contributed by atoms with Crippen molar-refractivity contribution >= 4 is 0 Å². The van der Waals surface area contributed by atoms with Crippen molar-refractivity contribution in [2.24, 2.45) is 0 Å². The van der Waals surface area contributed by atoms with E-state index in [2.05, 4.69) is 10.3 Å². The predicted octanol–water partition coefficient (Wildman–Crippen LogP) is 2.57. The zero-order valence-corrected chi connectivity index (χ0v) is 11.9. The highest BCUT2D eigenvalue weighted by Gasteiger charge is 2.04. The molecule has 0 saturated carbocycles. The number of ether oxygens (including phenoxy) is 2. The Bertz CT molecular complexity index is 529. The van der Waals surface area contributed by atoms with Crippen molar-refractivity contribution in [3.63, 3.8) is 0 Å². The van der Waals surface area contributed by atoms with Gasteiger partial charge >= 0.3 is 0 Å². The fraction of sp³-hybridized carbons (Fsp3) is 0.312. The molecule has 0 radical (unpaired) electrons. The molecule has 0 spiro atoms. The summed E-state index contributed by atoms with van der Waals surface area (Å²) in [6.07, 6.45) is 1.85. The van der Waals surface area contributed by atoms with Crippen LogP contribution in [0.4, 0.5) is 0 Å². The molecule has 0 atom stereocenters. The summed E-state index contributed by atoms with van der Waals surface area (Å²) in [6, 6.07) is 11.7. The van der Waals surface area contributed by atoms with E-state index in [4.69, 9.17) is 9.47 Å². The van der Waals surface area contributed by atoms with E-state index in [0.717, 1.165) is 29.3 Å². The zero-order chi connectivity index (χ0) is 14.2. The number of aryl methyl sites for hydroxylation is 1. The van der Waals surface area contributed by atoms with E-state index in [9.17, 15) is 0 Å². The number of pyridine rings is 1. The molecule has 4 heteroatoms. The van der Waals surface area contributed by atoms with Crippen LogP contribution in [0.1, 0.15) is 11.3 Å². The van der Waals surface area contributed by atoms with Crippen molar-refractivity contribution in [3.05, 3.63) is 53.9 Å². The Balaban J connectivity index is 1.85. The monoisotopic (exact) mass is 272 g/mol. The Morgan fingerprint density at radius 2 is 1.85 bits per heavy atom. The van der Waals surface area contributed by atoms with Gasteiger partial charge in [0.15, 0.2) is 0 Å². The highest BCUT2D eigenvalue weighted by molar-refractivity contribution is 5.32. The molecule has 0 aliphatic rings. The number of aromatic nitrogens is 1. The van der Waals surface area contributed by atoms with Crippen LogP contribution in [-0.4, -0.2) is 25.2 Å². The summed E-state index contributed by atoms with van der Waals surface area (Å²) in [7, 11) is 1.90. The van der Waals surface area contributed by atoms with Crippen LogP contribution in [0.15, 0.2) is 42.6 Å². The van der Waals surface area contributed by atoms with E-state index in [0.29, 0.717) is 13.2 Å². The van der Waals surface area contributed by atoms with Crippen LogP contribution >= 0.6 is 0 Å². The Morgan fingerprint density at radius 3 is 2.60 bits per heavy atom. The minimum Gasteiger partial charge on any atom is -0.490 e. The number of nitrogens with zero attached hydrogens (tertiary/aromatic N) is 1. The van der Waals surface area contributed by atoms with Gasteiger partial charge in [-0.05, 0) is 26.1 Å². The van der Waals surface area contributed by atoms with E-state index < -0.39 is 0 Å². The fourth-order valence-electron chi connectivity index (χ4n) is 1.85. The van der Waals surface area contributed by atoms with Crippen LogP contribution in [-0.2, 0) is 6.54 Å². The van der Waals surface area contributed by atoms with Crippen LogP contribution in [0.3, 0.4) is 0 Å². The second-order valence-corrected chi connectivity index (χ2v) is 4.47. The molecule has 0 unspecified atom stereocenters. The molecule has 0 bridgehead atoms. The molecule has 0 aliphatic heterocycles. The average Bonchev–Trinajstić information content (AvgIpc) is 2.47. The summed E-state index contributed by atoms with van der Waals surface area (Å²) in [4.78, 5) is 4.28. The molecule has 0 saturated heterocycles. The molecule has 0 fully saturated rings. The second kappa shape index (κ2) is 7.50. The Labute approximate surface area is 119 Å². The maximum Gasteiger partial charge on any atom is 0.127 e. The lowest BCUT2D eigenvalue weighted by molar-refractivity contribution is 0.215. The smallest absolute Gasteiger partial charge is 0.127 e. The largest absolute Gasteiger partial charge is 0.490 e.